The molecular weight excluding hydrogens is 248 g/mol. The van der Waals surface area contributed by atoms with Crippen LogP contribution in [0.15, 0.2) is 42.5 Å². The van der Waals surface area contributed by atoms with Crippen molar-refractivity contribution in [3.8, 4) is 0 Å². The summed E-state index contributed by atoms with van der Waals surface area (Å²) in [6.45, 7) is 0. The van der Waals surface area contributed by atoms with Crippen molar-refractivity contribution in [2.75, 3.05) is 0 Å². The number of nitrogens with one attached hydrogen (secondary N) is 1. The van der Waals surface area contributed by atoms with E-state index in [9.17, 15) is 4.79 Å². The topological polar surface area (TPSA) is 58.9 Å². The van der Waals surface area contributed by atoms with E-state index < -0.39 is 0 Å². The second-order valence-electron chi connectivity index (χ2n) is 5.22. The Morgan fingerprint density at radius 2 is 1.90 bits per heavy atom. The summed E-state index contributed by atoms with van der Waals surface area (Å²) < 4.78 is 0. The summed E-state index contributed by atoms with van der Waals surface area (Å²) in [5.74, 6) is -0.0596. The van der Waals surface area contributed by atoms with Crippen LogP contribution in [0.1, 0.15) is 40.2 Å². The molecule has 3 N–H and O–H groups in total. The van der Waals surface area contributed by atoms with Crippen molar-refractivity contribution in [2.45, 2.75) is 25.7 Å². The lowest BCUT2D eigenvalue weighted by molar-refractivity contribution is 0.104. The van der Waals surface area contributed by atoms with Gasteiger partial charge in [-0.25, -0.2) is 0 Å². The monoisotopic (exact) mass is 266 g/mol. The summed E-state index contributed by atoms with van der Waals surface area (Å²) in [7, 11) is 0. The van der Waals surface area contributed by atoms with Crippen LogP contribution < -0.4 is 5.73 Å². The van der Waals surface area contributed by atoms with Crippen LogP contribution in [0.3, 0.4) is 0 Å². The van der Waals surface area contributed by atoms with Gasteiger partial charge in [0.25, 0.3) is 0 Å². The van der Waals surface area contributed by atoms with E-state index in [0.29, 0.717) is 11.3 Å². The highest BCUT2D eigenvalue weighted by Gasteiger charge is 2.14. The van der Waals surface area contributed by atoms with E-state index in [-0.39, 0.29) is 5.78 Å². The molecular formula is C17H18N2O. The van der Waals surface area contributed by atoms with Gasteiger partial charge in [-0.3, -0.25) is 4.79 Å². The lowest BCUT2D eigenvalue weighted by atomic mass is 9.98. The smallest absolute Gasteiger partial charge is 0.187 e. The van der Waals surface area contributed by atoms with Gasteiger partial charge in [-0.2, -0.15) is 0 Å². The van der Waals surface area contributed by atoms with Crippen LogP contribution in [-0.4, -0.2) is 10.8 Å². The van der Waals surface area contributed by atoms with E-state index in [2.05, 4.69) is 11.1 Å². The zero-order chi connectivity index (χ0) is 13.9. The van der Waals surface area contributed by atoms with Gasteiger partial charge < -0.3 is 10.7 Å². The van der Waals surface area contributed by atoms with Gasteiger partial charge in [0.05, 0.1) is 11.4 Å². The molecule has 0 saturated carbocycles. The molecule has 1 aromatic carbocycles. The Balaban J connectivity index is 1.85. The Morgan fingerprint density at radius 3 is 2.65 bits per heavy atom. The quantitative estimate of drug-likeness (QED) is 0.662. The van der Waals surface area contributed by atoms with Crippen molar-refractivity contribution >= 4 is 11.5 Å². The first-order valence-corrected chi connectivity index (χ1v) is 7.02. The van der Waals surface area contributed by atoms with Crippen LogP contribution in [0.5, 0.6) is 0 Å². The number of allylic oxidation sites excluding steroid dienone is 1. The molecule has 0 unspecified atom stereocenters. The molecule has 0 fully saturated rings. The van der Waals surface area contributed by atoms with E-state index in [0.717, 1.165) is 18.5 Å². The Hall–Kier alpha value is -2.29. The number of aromatic amines is 1. The Kier molecular flexibility index (Phi) is 3.42. The maximum absolute atomic E-state index is 12.1. The summed E-state index contributed by atoms with van der Waals surface area (Å²) >= 11 is 0. The van der Waals surface area contributed by atoms with E-state index >= 15 is 0 Å². The van der Waals surface area contributed by atoms with Crippen molar-refractivity contribution in [3.05, 3.63) is 65.0 Å². The molecule has 0 radical (unpaired) electrons. The molecule has 3 heteroatoms. The predicted octanol–water partition coefficient (Wildman–Crippen LogP) is 3.08. The number of aromatic nitrogens is 1. The highest BCUT2D eigenvalue weighted by atomic mass is 16.1. The largest absolute Gasteiger partial charge is 0.397 e. The molecule has 102 valence electrons. The maximum Gasteiger partial charge on any atom is 0.187 e. The molecule has 1 aliphatic carbocycles. The average molecular weight is 266 g/mol. The van der Waals surface area contributed by atoms with Gasteiger partial charge in [0.2, 0.25) is 0 Å². The molecule has 0 bridgehead atoms. The average Bonchev–Trinajstić information content (AvgIpc) is 2.92. The number of hydrogen-bond donors (Lipinski definition) is 2. The summed E-state index contributed by atoms with van der Waals surface area (Å²) in [4.78, 5) is 15.4. The number of carbonyl (C=O) groups is 1. The third-order valence-corrected chi connectivity index (χ3v) is 3.77. The third kappa shape index (κ3) is 2.52. The van der Waals surface area contributed by atoms with Crippen LogP contribution in [0.25, 0.3) is 5.70 Å². The van der Waals surface area contributed by atoms with Gasteiger partial charge in [0, 0.05) is 17.3 Å². The lowest BCUT2D eigenvalue weighted by Gasteiger charge is -2.08. The summed E-state index contributed by atoms with van der Waals surface area (Å²) in [5, 5.41) is 0. The fraction of sp³-hybridized carbons (Fsp3) is 0.235. The first kappa shape index (κ1) is 12.7. The van der Waals surface area contributed by atoms with Crippen molar-refractivity contribution < 1.29 is 4.79 Å². The van der Waals surface area contributed by atoms with E-state index in [1.54, 1.807) is 12.1 Å². The number of hydrogen-bond acceptors (Lipinski definition) is 2. The minimum Gasteiger partial charge on any atom is -0.397 e. The number of fused-ring (bicyclic) bond motifs is 1. The first-order chi connectivity index (χ1) is 9.74. The van der Waals surface area contributed by atoms with Gasteiger partial charge >= 0.3 is 0 Å². The number of ketones is 1. The zero-order valence-electron chi connectivity index (χ0n) is 11.4. The lowest BCUT2D eigenvalue weighted by Crippen LogP contribution is -2.03. The van der Waals surface area contributed by atoms with E-state index in [1.807, 2.05) is 18.2 Å². The molecule has 1 heterocycles. The Bertz CT molecular complexity index is 629. The highest BCUT2D eigenvalue weighted by molar-refractivity contribution is 6.08. The zero-order valence-corrected chi connectivity index (χ0v) is 11.4. The molecule has 0 atom stereocenters. The summed E-state index contributed by atoms with van der Waals surface area (Å²) in [6, 6.07) is 11.3. The molecule has 3 nitrogen and oxygen atoms in total. The maximum atomic E-state index is 12.1. The number of benzene rings is 1. The molecule has 0 saturated heterocycles. The number of nitrogens with two attached hydrogens (primary N) is 1. The summed E-state index contributed by atoms with van der Waals surface area (Å²) in [5.41, 5.74) is 10.7. The van der Waals surface area contributed by atoms with E-state index in [1.165, 1.54) is 30.2 Å². The van der Waals surface area contributed by atoms with Gasteiger partial charge in [-0.05, 0) is 37.3 Å². The number of carbonyl (C=O) groups excluding carboxylic acids is 1. The number of rotatable bonds is 3. The molecule has 1 aromatic heterocycles. The van der Waals surface area contributed by atoms with Crippen LogP contribution >= 0.6 is 0 Å². The van der Waals surface area contributed by atoms with Crippen molar-refractivity contribution in [1.82, 2.24) is 4.98 Å². The van der Waals surface area contributed by atoms with Crippen LogP contribution in [-0.2, 0) is 12.8 Å². The summed E-state index contributed by atoms with van der Waals surface area (Å²) in [6.07, 6.45) is 6.14. The standard InChI is InChI=1S/C17H18N2O/c18-14(11-17(20)12-6-2-1-3-7-12)16-10-13-8-4-5-9-15(13)19-16/h1-3,6-7,10-11,19H,4-5,8-9,18H2/b14-11-. The normalized spacial score (nSPS) is 14.9. The van der Waals surface area contributed by atoms with Gasteiger partial charge in [-0.15, -0.1) is 0 Å². The van der Waals surface area contributed by atoms with Crippen molar-refractivity contribution in [2.24, 2.45) is 5.73 Å². The highest BCUT2D eigenvalue weighted by Crippen LogP contribution is 2.23. The van der Waals surface area contributed by atoms with Gasteiger partial charge in [0.1, 0.15) is 0 Å². The second-order valence-corrected chi connectivity index (χ2v) is 5.22. The minimum atomic E-state index is -0.0596. The molecule has 0 amide bonds. The predicted molar refractivity (Wildman–Crippen MR) is 80.4 cm³/mol. The Labute approximate surface area is 118 Å². The molecule has 20 heavy (non-hydrogen) atoms. The van der Waals surface area contributed by atoms with E-state index in [4.69, 9.17) is 5.73 Å². The minimum absolute atomic E-state index is 0.0596. The first-order valence-electron chi connectivity index (χ1n) is 7.02. The molecule has 0 spiro atoms. The van der Waals surface area contributed by atoms with Crippen LogP contribution in [0, 0.1) is 0 Å². The molecule has 2 aromatic rings. The molecule has 1 aliphatic rings. The van der Waals surface area contributed by atoms with Crippen molar-refractivity contribution in [3.63, 3.8) is 0 Å². The molecule has 0 aliphatic heterocycles. The van der Waals surface area contributed by atoms with Gasteiger partial charge in [0.15, 0.2) is 5.78 Å². The number of H-pyrrole nitrogens is 1. The van der Waals surface area contributed by atoms with Gasteiger partial charge in [-0.1, -0.05) is 30.3 Å². The SMILES string of the molecule is N/C(=C\C(=O)c1ccccc1)c1cc2c([nH]1)CCCC2. The van der Waals surface area contributed by atoms with Crippen LogP contribution in [0.4, 0.5) is 0 Å². The fourth-order valence-electron chi connectivity index (χ4n) is 2.66. The Morgan fingerprint density at radius 1 is 1.15 bits per heavy atom. The second kappa shape index (κ2) is 5.37. The fourth-order valence-corrected chi connectivity index (χ4v) is 2.66. The van der Waals surface area contributed by atoms with Crippen LogP contribution in [0.2, 0.25) is 0 Å². The number of aryl methyl sites for hydroxylation is 2. The molecule has 3 rings (SSSR count). The van der Waals surface area contributed by atoms with Crippen molar-refractivity contribution in [1.29, 1.82) is 0 Å². The third-order valence-electron chi connectivity index (χ3n) is 3.77.